The first-order valence-electron chi connectivity index (χ1n) is 6.91. The van der Waals surface area contributed by atoms with Crippen molar-refractivity contribution in [2.75, 3.05) is 5.73 Å². The number of nitrogens with two attached hydrogens (primary N) is 1. The molecule has 0 fully saturated rings. The number of nitro groups is 2. The largest absolute Gasteiger partial charge is 0.383 e. The lowest BCUT2D eigenvalue weighted by atomic mass is 10.1. The van der Waals surface area contributed by atoms with Crippen LogP contribution in [0.3, 0.4) is 0 Å². The molecule has 10 heteroatoms. The number of anilines is 1. The Labute approximate surface area is 145 Å². The van der Waals surface area contributed by atoms with E-state index in [-0.39, 0.29) is 17.2 Å². The highest BCUT2D eigenvalue weighted by Gasteiger charge is 2.23. The third-order valence-electron chi connectivity index (χ3n) is 3.56. The highest BCUT2D eigenvalue weighted by Crippen LogP contribution is 2.33. The van der Waals surface area contributed by atoms with Gasteiger partial charge in [0.15, 0.2) is 0 Å². The highest BCUT2D eigenvalue weighted by molar-refractivity contribution is 6.30. The van der Waals surface area contributed by atoms with Gasteiger partial charge in [0.2, 0.25) is 0 Å². The van der Waals surface area contributed by atoms with Crippen LogP contribution in [0.25, 0.3) is 16.8 Å². The maximum absolute atomic E-state index is 11.3. The van der Waals surface area contributed by atoms with Crippen LogP contribution < -0.4 is 5.73 Å². The average molecular weight is 360 g/mol. The van der Waals surface area contributed by atoms with E-state index in [1.807, 2.05) is 0 Å². The maximum atomic E-state index is 11.3. The third-order valence-corrected chi connectivity index (χ3v) is 3.81. The molecule has 9 nitrogen and oxygen atoms in total. The van der Waals surface area contributed by atoms with E-state index in [4.69, 9.17) is 17.3 Å². The van der Waals surface area contributed by atoms with Crippen molar-refractivity contribution < 1.29 is 9.85 Å². The molecular formula is C15H10ClN5O4. The van der Waals surface area contributed by atoms with E-state index in [2.05, 4.69) is 5.10 Å². The van der Waals surface area contributed by atoms with Gasteiger partial charge in [-0.1, -0.05) is 23.7 Å². The van der Waals surface area contributed by atoms with Gasteiger partial charge in [-0.05, 0) is 23.8 Å². The number of hydrogen-bond donors (Lipinski definition) is 1. The number of nitrogens with zero attached hydrogens (tertiary/aromatic N) is 4. The maximum Gasteiger partial charge on any atom is 0.301 e. The smallest absolute Gasteiger partial charge is 0.301 e. The molecule has 0 bridgehead atoms. The first-order valence-corrected chi connectivity index (χ1v) is 7.29. The highest BCUT2D eigenvalue weighted by atomic mass is 35.5. The minimum atomic E-state index is -0.717. The van der Waals surface area contributed by atoms with E-state index >= 15 is 0 Å². The van der Waals surface area contributed by atoms with Crippen LogP contribution in [0.5, 0.6) is 0 Å². The molecule has 0 aliphatic heterocycles. The Hall–Kier alpha value is -3.46. The number of non-ortho nitro benzene ring substituents is 1. The molecule has 0 aliphatic carbocycles. The lowest BCUT2D eigenvalue weighted by Crippen LogP contribution is -2.06. The molecule has 126 valence electrons. The lowest BCUT2D eigenvalue weighted by molar-refractivity contribution is -0.394. The number of nitro benzene ring substituents is 2. The Balaban J connectivity index is 2.13. The SMILES string of the molecule is Nc1c(-c2ccc(Cl)cc2)cnn1-c1ccc([N+](=O)[O-])cc1[N+](=O)[O-]. The minimum absolute atomic E-state index is 0.0355. The molecule has 0 unspecified atom stereocenters. The monoisotopic (exact) mass is 359 g/mol. The van der Waals surface area contributed by atoms with Gasteiger partial charge in [0.1, 0.15) is 11.5 Å². The molecule has 0 saturated heterocycles. The van der Waals surface area contributed by atoms with Gasteiger partial charge in [-0.2, -0.15) is 5.10 Å². The van der Waals surface area contributed by atoms with Crippen LogP contribution in [0.2, 0.25) is 5.02 Å². The summed E-state index contributed by atoms with van der Waals surface area (Å²) < 4.78 is 1.17. The second-order valence-electron chi connectivity index (χ2n) is 5.05. The van der Waals surface area contributed by atoms with E-state index in [1.165, 1.54) is 16.9 Å². The van der Waals surface area contributed by atoms with Gasteiger partial charge in [-0.25, -0.2) is 4.68 Å². The normalized spacial score (nSPS) is 10.6. The van der Waals surface area contributed by atoms with E-state index < -0.39 is 15.5 Å². The van der Waals surface area contributed by atoms with Crippen molar-refractivity contribution in [2.45, 2.75) is 0 Å². The molecule has 0 saturated carbocycles. The Kier molecular flexibility index (Phi) is 4.07. The summed E-state index contributed by atoms with van der Waals surface area (Å²) in [7, 11) is 0. The van der Waals surface area contributed by atoms with Gasteiger partial charge < -0.3 is 5.73 Å². The van der Waals surface area contributed by atoms with Crippen LogP contribution in [0.15, 0.2) is 48.7 Å². The fourth-order valence-corrected chi connectivity index (χ4v) is 2.48. The number of hydrogen-bond acceptors (Lipinski definition) is 6. The molecule has 25 heavy (non-hydrogen) atoms. The molecule has 1 aromatic heterocycles. The van der Waals surface area contributed by atoms with Crippen molar-refractivity contribution in [3.63, 3.8) is 0 Å². The summed E-state index contributed by atoms with van der Waals surface area (Å²) >= 11 is 5.85. The van der Waals surface area contributed by atoms with Crippen molar-refractivity contribution in [2.24, 2.45) is 0 Å². The molecule has 3 rings (SSSR count). The van der Waals surface area contributed by atoms with Gasteiger partial charge >= 0.3 is 5.69 Å². The van der Waals surface area contributed by atoms with Gasteiger partial charge in [-0.3, -0.25) is 20.2 Å². The van der Waals surface area contributed by atoms with E-state index in [0.717, 1.165) is 17.7 Å². The Bertz CT molecular complexity index is 984. The number of aromatic nitrogens is 2. The fourth-order valence-electron chi connectivity index (χ4n) is 2.35. The molecule has 0 radical (unpaired) electrons. The van der Waals surface area contributed by atoms with Gasteiger partial charge in [0, 0.05) is 16.7 Å². The topological polar surface area (TPSA) is 130 Å². The van der Waals surface area contributed by atoms with Crippen LogP contribution in [0, 0.1) is 20.2 Å². The molecule has 0 aliphatic rings. The summed E-state index contributed by atoms with van der Waals surface area (Å²) in [6.45, 7) is 0. The van der Waals surface area contributed by atoms with Crippen LogP contribution in [0.1, 0.15) is 0 Å². The first kappa shape index (κ1) is 16.4. The zero-order chi connectivity index (χ0) is 18.1. The van der Waals surface area contributed by atoms with E-state index in [0.29, 0.717) is 10.6 Å². The molecule has 1 heterocycles. The third kappa shape index (κ3) is 3.00. The number of halogens is 1. The van der Waals surface area contributed by atoms with Crippen LogP contribution in [-0.4, -0.2) is 19.6 Å². The van der Waals surface area contributed by atoms with Gasteiger partial charge in [0.05, 0.1) is 22.1 Å². The molecule has 3 aromatic rings. The molecule has 0 amide bonds. The van der Waals surface area contributed by atoms with Crippen LogP contribution >= 0.6 is 11.6 Å². The van der Waals surface area contributed by atoms with Crippen molar-refractivity contribution in [3.05, 3.63) is 73.9 Å². The number of nitrogen functional groups attached to an aromatic ring is 1. The predicted octanol–water partition coefficient (Wildman–Crippen LogP) is 3.59. The molecule has 2 aromatic carbocycles. The van der Waals surface area contributed by atoms with Crippen LogP contribution in [-0.2, 0) is 0 Å². The van der Waals surface area contributed by atoms with E-state index in [9.17, 15) is 20.2 Å². The quantitative estimate of drug-likeness (QED) is 0.559. The summed E-state index contributed by atoms with van der Waals surface area (Å²) in [5, 5.41) is 26.8. The standard InChI is InChI=1S/C15H10ClN5O4/c16-10-3-1-9(2-4-10)12-8-18-19(15(12)17)13-6-5-11(20(22)23)7-14(13)21(24)25/h1-8H,17H2. The van der Waals surface area contributed by atoms with E-state index in [1.54, 1.807) is 24.3 Å². The summed E-state index contributed by atoms with van der Waals surface area (Å²) in [5.41, 5.74) is 6.56. The number of rotatable bonds is 4. The molecule has 2 N–H and O–H groups in total. The van der Waals surface area contributed by atoms with Gasteiger partial charge in [-0.15, -0.1) is 0 Å². The molecule has 0 spiro atoms. The Morgan fingerprint density at radius 1 is 1.04 bits per heavy atom. The molecule has 0 atom stereocenters. The second kappa shape index (κ2) is 6.21. The number of benzene rings is 2. The summed E-state index contributed by atoms with van der Waals surface area (Å²) in [6, 6.07) is 10.1. The minimum Gasteiger partial charge on any atom is -0.383 e. The van der Waals surface area contributed by atoms with Crippen molar-refractivity contribution in [1.29, 1.82) is 0 Å². The van der Waals surface area contributed by atoms with Crippen molar-refractivity contribution in [1.82, 2.24) is 9.78 Å². The van der Waals surface area contributed by atoms with Crippen molar-refractivity contribution in [3.8, 4) is 16.8 Å². The molecular weight excluding hydrogens is 350 g/mol. The zero-order valence-electron chi connectivity index (χ0n) is 12.5. The second-order valence-corrected chi connectivity index (χ2v) is 5.49. The first-order chi connectivity index (χ1) is 11.9. The van der Waals surface area contributed by atoms with Crippen molar-refractivity contribution >= 4 is 28.8 Å². The Morgan fingerprint density at radius 3 is 2.32 bits per heavy atom. The van der Waals surface area contributed by atoms with Crippen LogP contribution in [0.4, 0.5) is 17.2 Å². The van der Waals surface area contributed by atoms with Gasteiger partial charge in [0.25, 0.3) is 5.69 Å². The fraction of sp³-hybridized carbons (Fsp3) is 0. The lowest BCUT2D eigenvalue weighted by Gasteiger charge is -2.06. The summed E-state index contributed by atoms with van der Waals surface area (Å²) in [5.74, 6) is 0.166. The summed E-state index contributed by atoms with van der Waals surface area (Å²) in [6.07, 6.45) is 1.46. The average Bonchev–Trinajstić information content (AvgIpc) is 2.96. The zero-order valence-corrected chi connectivity index (χ0v) is 13.3. The predicted molar refractivity (Wildman–Crippen MR) is 91.7 cm³/mol. The Morgan fingerprint density at radius 2 is 1.72 bits per heavy atom. The summed E-state index contributed by atoms with van der Waals surface area (Å²) in [4.78, 5) is 20.7.